The van der Waals surface area contributed by atoms with E-state index in [9.17, 15) is 14.4 Å². The molecule has 0 aliphatic carbocycles. The molecule has 1 aliphatic heterocycles. The number of hydrazine groups is 1. The van der Waals surface area contributed by atoms with Crippen LogP contribution in [-0.4, -0.2) is 36.0 Å². The summed E-state index contributed by atoms with van der Waals surface area (Å²) in [6.45, 7) is 1.38. The number of hydrogen-bond acceptors (Lipinski definition) is 7. The molecule has 0 fully saturated rings. The Bertz CT molecular complexity index is 906. The number of carbonyl (C=O) groups excluding carboxylic acids is 3. The monoisotopic (exact) mass is 387 g/mol. The van der Waals surface area contributed by atoms with Crippen molar-refractivity contribution in [3.8, 4) is 5.75 Å². The number of ether oxygens (including phenoxy) is 2. The van der Waals surface area contributed by atoms with Crippen LogP contribution >= 0.6 is 11.3 Å². The van der Waals surface area contributed by atoms with Crippen molar-refractivity contribution in [2.24, 2.45) is 0 Å². The Morgan fingerprint density at radius 3 is 2.78 bits per heavy atom. The van der Waals surface area contributed by atoms with E-state index in [-0.39, 0.29) is 13.0 Å². The second-order valence-corrected chi connectivity index (χ2v) is 6.67. The van der Waals surface area contributed by atoms with Crippen molar-refractivity contribution in [3.05, 3.63) is 51.5 Å². The van der Waals surface area contributed by atoms with Crippen LogP contribution in [0.15, 0.2) is 35.2 Å². The average Bonchev–Trinajstić information content (AvgIpc) is 3.08. The van der Waals surface area contributed by atoms with Crippen LogP contribution in [0.2, 0.25) is 0 Å². The topological polar surface area (TPSA) is 107 Å². The molecule has 0 saturated carbocycles. The predicted molar refractivity (Wildman–Crippen MR) is 97.7 cm³/mol. The quantitative estimate of drug-likeness (QED) is 0.589. The minimum absolute atomic E-state index is 0.0577. The number of nitrogens with zero attached hydrogens (tertiary/aromatic N) is 1. The van der Waals surface area contributed by atoms with Crippen LogP contribution in [0.4, 0.5) is 0 Å². The van der Waals surface area contributed by atoms with Crippen LogP contribution in [0.5, 0.6) is 5.75 Å². The number of carbonyl (C=O) groups is 3. The highest BCUT2D eigenvalue weighted by atomic mass is 32.1. The van der Waals surface area contributed by atoms with E-state index in [2.05, 4.69) is 15.8 Å². The van der Waals surface area contributed by atoms with Crippen LogP contribution in [0, 0.1) is 6.92 Å². The van der Waals surface area contributed by atoms with E-state index in [1.165, 1.54) is 11.3 Å². The third kappa shape index (κ3) is 5.14. The molecule has 3 rings (SSSR count). The number of benzene rings is 1. The van der Waals surface area contributed by atoms with Gasteiger partial charge in [0.15, 0.2) is 6.61 Å². The van der Waals surface area contributed by atoms with Gasteiger partial charge in [-0.2, -0.15) is 0 Å². The Morgan fingerprint density at radius 1 is 1.22 bits per heavy atom. The van der Waals surface area contributed by atoms with Crippen molar-refractivity contribution in [2.75, 3.05) is 13.2 Å². The van der Waals surface area contributed by atoms with Gasteiger partial charge in [-0.25, -0.2) is 9.78 Å². The van der Waals surface area contributed by atoms with Gasteiger partial charge in [-0.3, -0.25) is 20.4 Å². The zero-order chi connectivity index (χ0) is 19.2. The standard InChI is InChI=1S/C18H17N3O5S/c1-11-10-27-17(19-11)7-15(22)20-21-16(23)9-26-18(24)13-6-12-4-2-3-5-14(12)25-8-13/h2-6,10H,7-9H2,1H3,(H,20,22)(H,21,23). The predicted octanol–water partition coefficient (Wildman–Crippen LogP) is 1.16. The van der Waals surface area contributed by atoms with Crippen LogP contribution < -0.4 is 15.6 Å². The Morgan fingerprint density at radius 2 is 2.00 bits per heavy atom. The molecule has 1 aromatic heterocycles. The third-order valence-corrected chi connectivity index (χ3v) is 4.51. The molecule has 1 aliphatic rings. The molecule has 1 aromatic carbocycles. The van der Waals surface area contributed by atoms with Crippen molar-refractivity contribution in [1.29, 1.82) is 0 Å². The number of thiazole rings is 1. The zero-order valence-electron chi connectivity index (χ0n) is 14.5. The molecule has 140 valence electrons. The molecular weight excluding hydrogens is 370 g/mol. The highest BCUT2D eigenvalue weighted by Crippen LogP contribution is 2.25. The number of amides is 2. The van der Waals surface area contributed by atoms with Gasteiger partial charge >= 0.3 is 5.97 Å². The summed E-state index contributed by atoms with van der Waals surface area (Å²) in [4.78, 5) is 39.7. The number of nitrogens with one attached hydrogen (secondary N) is 2. The minimum Gasteiger partial charge on any atom is -0.488 e. The lowest BCUT2D eigenvalue weighted by Crippen LogP contribution is -2.44. The van der Waals surface area contributed by atoms with Crippen LogP contribution in [0.1, 0.15) is 16.3 Å². The van der Waals surface area contributed by atoms with Gasteiger partial charge in [0, 0.05) is 16.6 Å². The summed E-state index contributed by atoms with van der Waals surface area (Å²) < 4.78 is 10.4. The summed E-state index contributed by atoms with van der Waals surface area (Å²) in [6, 6.07) is 7.28. The average molecular weight is 387 g/mol. The Hall–Kier alpha value is -3.20. The molecule has 0 saturated heterocycles. The lowest BCUT2D eigenvalue weighted by molar-refractivity contribution is -0.145. The van der Waals surface area contributed by atoms with E-state index < -0.39 is 24.4 Å². The van der Waals surface area contributed by atoms with Gasteiger partial charge in [0.2, 0.25) is 5.91 Å². The first kappa shape index (κ1) is 18.6. The van der Waals surface area contributed by atoms with Gasteiger partial charge in [0.1, 0.15) is 17.4 Å². The Labute approximate surface area is 159 Å². The van der Waals surface area contributed by atoms with E-state index in [4.69, 9.17) is 9.47 Å². The van der Waals surface area contributed by atoms with Gasteiger partial charge in [0.05, 0.1) is 12.0 Å². The van der Waals surface area contributed by atoms with Crippen molar-refractivity contribution < 1.29 is 23.9 Å². The molecule has 2 heterocycles. The molecule has 2 amide bonds. The Balaban J connectivity index is 1.42. The van der Waals surface area contributed by atoms with E-state index in [0.717, 1.165) is 11.3 Å². The maximum atomic E-state index is 12.0. The highest BCUT2D eigenvalue weighted by molar-refractivity contribution is 7.09. The normalized spacial score (nSPS) is 12.3. The van der Waals surface area contributed by atoms with E-state index in [1.54, 1.807) is 12.1 Å². The molecule has 0 spiro atoms. The maximum absolute atomic E-state index is 12.0. The smallest absolute Gasteiger partial charge is 0.338 e. The van der Waals surface area contributed by atoms with Gasteiger partial charge in [-0.05, 0) is 19.1 Å². The van der Waals surface area contributed by atoms with Crippen LogP contribution in [0.25, 0.3) is 6.08 Å². The number of aromatic nitrogens is 1. The number of aryl methyl sites for hydroxylation is 1. The molecular formula is C18H17N3O5S. The largest absolute Gasteiger partial charge is 0.488 e. The molecule has 0 unspecified atom stereocenters. The van der Waals surface area contributed by atoms with Crippen molar-refractivity contribution in [3.63, 3.8) is 0 Å². The zero-order valence-corrected chi connectivity index (χ0v) is 15.3. The molecule has 0 atom stereocenters. The molecule has 2 aromatic rings. The summed E-state index contributed by atoms with van der Waals surface area (Å²) in [5.41, 5.74) is 6.36. The molecule has 9 heteroatoms. The SMILES string of the molecule is Cc1csc(CC(=O)NNC(=O)COC(=O)C2=Cc3ccccc3OC2)n1. The summed E-state index contributed by atoms with van der Waals surface area (Å²) in [6.07, 6.45) is 1.72. The molecule has 2 N–H and O–H groups in total. The van der Waals surface area contributed by atoms with Gasteiger partial charge in [0.25, 0.3) is 5.91 Å². The van der Waals surface area contributed by atoms with E-state index in [0.29, 0.717) is 16.3 Å². The van der Waals surface area contributed by atoms with Crippen LogP contribution in [-0.2, 0) is 25.5 Å². The van der Waals surface area contributed by atoms with Gasteiger partial charge < -0.3 is 9.47 Å². The fourth-order valence-corrected chi connectivity index (χ4v) is 3.07. The molecule has 8 nitrogen and oxygen atoms in total. The first-order valence-corrected chi connectivity index (χ1v) is 8.97. The second kappa shape index (κ2) is 8.45. The summed E-state index contributed by atoms with van der Waals surface area (Å²) in [7, 11) is 0. The highest BCUT2D eigenvalue weighted by Gasteiger charge is 2.19. The van der Waals surface area contributed by atoms with E-state index in [1.807, 2.05) is 30.5 Å². The van der Waals surface area contributed by atoms with Crippen molar-refractivity contribution in [1.82, 2.24) is 15.8 Å². The fourth-order valence-electron chi connectivity index (χ4n) is 2.30. The number of fused-ring (bicyclic) bond motifs is 1. The number of esters is 1. The molecule has 0 radical (unpaired) electrons. The van der Waals surface area contributed by atoms with Gasteiger partial charge in [-0.1, -0.05) is 18.2 Å². The first-order chi connectivity index (χ1) is 13.0. The summed E-state index contributed by atoms with van der Waals surface area (Å²) in [5, 5.41) is 2.48. The Kier molecular flexibility index (Phi) is 5.82. The minimum atomic E-state index is -0.649. The molecule has 0 bridgehead atoms. The fraction of sp³-hybridized carbons (Fsp3) is 0.222. The summed E-state index contributed by atoms with van der Waals surface area (Å²) >= 11 is 1.37. The number of para-hydroxylation sites is 1. The second-order valence-electron chi connectivity index (χ2n) is 5.73. The van der Waals surface area contributed by atoms with E-state index >= 15 is 0 Å². The maximum Gasteiger partial charge on any atom is 0.338 e. The van der Waals surface area contributed by atoms with Gasteiger partial charge in [-0.15, -0.1) is 11.3 Å². The third-order valence-electron chi connectivity index (χ3n) is 3.55. The lowest BCUT2D eigenvalue weighted by atomic mass is 10.1. The summed E-state index contributed by atoms with van der Waals surface area (Å²) in [5.74, 6) is -1.03. The van der Waals surface area contributed by atoms with Crippen LogP contribution in [0.3, 0.4) is 0 Å². The number of rotatable bonds is 5. The first-order valence-electron chi connectivity index (χ1n) is 8.09. The number of hydrogen-bond donors (Lipinski definition) is 2. The van der Waals surface area contributed by atoms with Crippen molar-refractivity contribution >= 4 is 35.2 Å². The van der Waals surface area contributed by atoms with Crippen molar-refractivity contribution in [2.45, 2.75) is 13.3 Å². The molecule has 27 heavy (non-hydrogen) atoms. The lowest BCUT2D eigenvalue weighted by Gasteiger charge is -2.16.